The first-order chi connectivity index (χ1) is 13.7. The minimum Gasteiger partial charge on any atom is -0.495 e. The Kier molecular flexibility index (Phi) is 3.98. The Balaban J connectivity index is 1.66. The summed E-state index contributed by atoms with van der Waals surface area (Å²) in [7, 11) is 4.91. The number of hydrogen-bond donors (Lipinski definition) is 0. The lowest BCUT2D eigenvalue weighted by Gasteiger charge is -2.33. The second-order valence-corrected chi connectivity index (χ2v) is 6.65. The second-order valence-electron chi connectivity index (χ2n) is 6.65. The van der Waals surface area contributed by atoms with Crippen LogP contribution in [0.1, 0.15) is 29.8 Å². The van der Waals surface area contributed by atoms with Crippen molar-refractivity contribution in [2.75, 3.05) is 28.1 Å². The first-order valence-electron chi connectivity index (χ1n) is 8.99. The summed E-state index contributed by atoms with van der Waals surface area (Å²) in [5, 5.41) is 0.824. The molecule has 3 aromatic rings. The Bertz CT molecular complexity index is 1040. The van der Waals surface area contributed by atoms with Crippen molar-refractivity contribution in [3.8, 4) is 28.7 Å². The van der Waals surface area contributed by atoms with Gasteiger partial charge >= 0.3 is 0 Å². The van der Waals surface area contributed by atoms with E-state index in [-0.39, 0.29) is 19.0 Å². The number of methoxy groups -OCH3 is 3. The molecule has 5 rings (SSSR count). The molecule has 0 radical (unpaired) electrons. The van der Waals surface area contributed by atoms with Crippen LogP contribution in [0.25, 0.3) is 11.0 Å². The standard InChI is InChI=1S/C21H20O7/c1-22-16-9-14(11-4-5-13-15(8-11)27-10-26-13)28-20-17(16)18(23-2)12-6-7-25-19(12)21(20)24-3/h4-8,14,16H,9-10H2,1-3H3/t14-,16-/m0/s1. The van der Waals surface area contributed by atoms with Crippen molar-refractivity contribution in [3.63, 3.8) is 0 Å². The molecule has 2 aliphatic rings. The van der Waals surface area contributed by atoms with Crippen molar-refractivity contribution in [1.29, 1.82) is 0 Å². The van der Waals surface area contributed by atoms with Crippen LogP contribution < -0.4 is 23.7 Å². The summed E-state index contributed by atoms with van der Waals surface area (Å²) < 4.78 is 40.2. The molecule has 0 saturated heterocycles. The highest BCUT2D eigenvalue weighted by atomic mass is 16.7. The number of ether oxygens (including phenoxy) is 6. The molecule has 0 unspecified atom stereocenters. The fourth-order valence-electron chi connectivity index (χ4n) is 3.99. The quantitative estimate of drug-likeness (QED) is 0.661. The van der Waals surface area contributed by atoms with Gasteiger partial charge in [0.25, 0.3) is 0 Å². The Hall–Kier alpha value is -3.06. The van der Waals surface area contributed by atoms with Gasteiger partial charge in [0.05, 0.1) is 37.5 Å². The Labute approximate surface area is 161 Å². The monoisotopic (exact) mass is 384 g/mol. The summed E-state index contributed by atoms with van der Waals surface area (Å²) in [4.78, 5) is 0. The van der Waals surface area contributed by atoms with Gasteiger partial charge < -0.3 is 32.8 Å². The van der Waals surface area contributed by atoms with Crippen molar-refractivity contribution >= 4 is 11.0 Å². The molecule has 28 heavy (non-hydrogen) atoms. The summed E-state index contributed by atoms with van der Waals surface area (Å²) in [6, 6.07) is 7.67. The third kappa shape index (κ3) is 2.39. The van der Waals surface area contributed by atoms with E-state index in [1.807, 2.05) is 24.3 Å². The lowest BCUT2D eigenvalue weighted by molar-refractivity contribution is 0.0267. The van der Waals surface area contributed by atoms with Crippen LogP contribution in [0.2, 0.25) is 0 Å². The molecule has 146 valence electrons. The summed E-state index contributed by atoms with van der Waals surface area (Å²) >= 11 is 0. The van der Waals surface area contributed by atoms with Crippen LogP contribution in [0.15, 0.2) is 34.9 Å². The SMILES string of the molecule is COc1c2c(c(OC)c3occc13)O[C@H](c1ccc3c(c1)OCO3)C[C@@H]2OC. The van der Waals surface area contributed by atoms with Gasteiger partial charge in [0, 0.05) is 13.5 Å². The van der Waals surface area contributed by atoms with Crippen LogP contribution in [0.4, 0.5) is 0 Å². The van der Waals surface area contributed by atoms with E-state index in [1.165, 1.54) is 0 Å². The van der Waals surface area contributed by atoms with Gasteiger partial charge in [-0.15, -0.1) is 0 Å². The van der Waals surface area contributed by atoms with E-state index < -0.39 is 0 Å². The summed E-state index contributed by atoms with van der Waals surface area (Å²) in [6.45, 7) is 0.231. The van der Waals surface area contributed by atoms with E-state index in [0.29, 0.717) is 35.0 Å². The third-order valence-electron chi connectivity index (χ3n) is 5.28. The number of hydrogen-bond acceptors (Lipinski definition) is 7. The summed E-state index contributed by atoms with van der Waals surface area (Å²) in [5.41, 5.74) is 2.38. The predicted octanol–water partition coefficient (Wildman–Crippen LogP) is 4.39. The van der Waals surface area contributed by atoms with Gasteiger partial charge in [-0.25, -0.2) is 0 Å². The summed E-state index contributed by atoms with van der Waals surface area (Å²) in [6.07, 6.45) is 1.74. The fourth-order valence-corrected chi connectivity index (χ4v) is 3.99. The van der Waals surface area contributed by atoms with Gasteiger partial charge in [-0.3, -0.25) is 0 Å². The topological polar surface area (TPSA) is 68.5 Å². The molecule has 0 fully saturated rings. The zero-order chi connectivity index (χ0) is 19.3. The van der Waals surface area contributed by atoms with Crippen LogP contribution in [-0.4, -0.2) is 28.1 Å². The fraction of sp³-hybridized carbons (Fsp3) is 0.333. The Morgan fingerprint density at radius 2 is 1.79 bits per heavy atom. The van der Waals surface area contributed by atoms with Crippen molar-refractivity contribution < 1.29 is 32.8 Å². The van der Waals surface area contributed by atoms with Crippen LogP contribution in [0.5, 0.6) is 28.7 Å². The molecule has 0 saturated carbocycles. The van der Waals surface area contributed by atoms with E-state index in [2.05, 4.69) is 0 Å². The maximum Gasteiger partial charge on any atom is 0.231 e. The molecule has 0 aliphatic carbocycles. The molecular weight excluding hydrogens is 364 g/mol. The van der Waals surface area contributed by atoms with Crippen LogP contribution in [0.3, 0.4) is 0 Å². The average molecular weight is 384 g/mol. The van der Waals surface area contributed by atoms with E-state index in [9.17, 15) is 0 Å². The van der Waals surface area contributed by atoms with Gasteiger partial charge in [-0.2, -0.15) is 0 Å². The molecule has 1 aromatic heterocycles. The van der Waals surface area contributed by atoms with E-state index in [1.54, 1.807) is 27.6 Å². The molecule has 7 nitrogen and oxygen atoms in total. The van der Waals surface area contributed by atoms with Crippen LogP contribution >= 0.6 is 0 Å². The molecule has 0 N–H and O–H groups in total. The van der Waals surface area contributed by atoms with Crippen LogP contribution in [0, 0.1) is 0 Å². The van der Waals surface area contributed by atoms with Crippen LogP contribution in [-0.2, 0) is 4.74 Å². The first-order valence-corrected chi connectivity index (χ1v) is 8.99. The van der Waals surface area contributed by atoms with Gasteiger partial charge in [0.2, 0.25) is 12.5 Å². The number of rotatable bonds is 4. The highest BCUT2D eigenvalue weighted by Crippen LogP contribution is 2.55. The van der Waals surface area contributed by atoms with E-state index in [4.69, 9.17) is 32.8 Å². The normalized spacial score (nSPS) is 20.0. The molecular formula is C21H20O7. The lowest BCUT2D eigenvalue weighted by atomic mass is 9.92. The van der Waals surface area contributed by atoms with Gasteiger partial charge in [0.1, 0.15) is 11.9 Å². The zero-order valence-corrected chi connectivity index (χ0v) is 15.8. The maximum atomic E-state index is 6.41. The maximum absolute atomic E-state index is 6.41. The molecule has 2 aliphatic heterocycles. The number of furan rings is 1. The molecule has 0 spiro atoms. The van der Waals surface area contributed by atoms with E-state index >= 15 is 0 Å². The first kappa shape index (κ1) is 17.1. The van der Waals surface area contributed by atoms with Crippen molar-refractivity contribution in [1.82, 2.24) is 0 Å². The van der Waals surface area contributed by atoms with Gasteiger partial charge in [-0.05, 0) is 23.8 Å². The average Bonchev–Trinajstić information content (AvgIpc) is 3.39. The molecule has 2 aromatic carbocycles. The predicted molar refractivity (Wildman–Crippen MR) is 99.6 cm³/mol. The number of fused-ring (bicyclic) bond motifs is 3. The van der Waals surface area contributed by atoms with Crippen molar-refractivity contribution in [3.05, 3.63) is 41.7 Å². The third-order valence-corrected chi connectivity index (χ3v) is 5.28. The van der Waals surface area contributed by atoms with Crippen molar-refractivity contribution in [2.45, 2.75) is 18.6 Å². The second kappa shape index (κ2) is 6.53. The molecule has 7 heteroatoms. The van der Waals surface area contributed by atoms with E-state index in [0.717, 1.165) is 22.3 Å². The Morgan fingerprint density at radius 1 is 0.964 bits per heavy atom. The van der Waals surface area contributed by atoms with Gasteiger partial charge in [-0.1, -0.05) is 6.07 Å². The highest BCUT2D eigenvalue weighted by molar-refractivity contribution is 5.94. The zero-order valence-electron chi connectivity index (χ0n) is 15.8. The smallest absolute Gasteiger partial charge is 0.231 e. The molecule has 2 atom stereocenters. The molecule has 0 bridgehead atoms. The minimum absolute atomic E-state index is 0.231. The Morgan fingerprint density at radius 3 is 2.57 bits per heavy atom. The number of benzene rings is 2. The lowest BCUT2D eigenvalue weighted by Crippen LogP contribution is -2.21. The van der Waals surface area contributed by atoms with Gasteiger partial charge in [0.15, 0.2) is 22.8 Å². The van der Waals surface area contributed by atoms with Crippen molar-refractivity contribution in [2.24, 2.45) is 0 Å². The highest BCUT2D eigenvalue weighted by Gasteiger charge is 2.37. The largest absolute Gasteiger partial charge is 0.495 e. The molecule has 3 heterocycles. The minimum atomic E-state index is -0.252. The molecule has 0 amide bonds. The summed E-state index contributed by atoms with van der Waals surface area (Å²) in [5.74, 6) is 3.23.